The predicted octanol–water partition coefficient (Wildman–Crippen LogP) is 2.32. The van der Waals surface area contributed by atoms with E-state index in [9.17, 15) is 9.59 Å². The van der Waals surface area contributed by atoms with Gasteiger partial charge in [0.05, 0.1) is 22.8 Å². The number of rotatable bonds is 5. The summed E-state index contributed by atoms with van der Waals surface area (Å²) in [6, 6.07) is 7.47. The number of amides is 1. The van der Waals surface area contributed by atoms with E-state index in [1.165, 1.54) is 0 Å². The van der Waals surface area contributed by atoms with E-state index in [1.807, 2.05) is 13.0 Å². The lowest BCUT2D eigenvalue weighted by atomic mass is 10.1. The summed E-state index contributed by atoms with van der Waals surface area (Å²) in [5.74, 6) is 0.823. The van der Waals surface area contributed by atoms with Gasteiger partial charge in [-0.15, -0.1) is 0 Å². The smallest absolute Gasteiger partial charge is 0.323 e. The lowest BCUT2D eigenvalue weighted by Crippen LogP contribution is -2.27. The number of aromatic amines is 2. The average Bonchev–Trinajstić information content (AvgIpc) is 3.31. The van der Waals surface area contributed by atoms with Crippen LogP contribution in [0.5, 0.6) is 0 Å². The Morgan fingerprint density at radius 3 is 3.00 bits per heavy atom. The van der Waals surface area contributed by atoms with Gasteiger partial charge in [0.25, 0.3) is 0 Å². The van der Waals surface area contributed by atoms with Crippen molar-refractivity contribution in [3.8, 4) is 0 Å². The Balaban J connectivity index is 1.36. The van der Waals surface area contributed by atoms with Gasteiger partial charge in [0.1, 0.15) is 0 Å². The molecule has 3 N–H and O–H groups in total. The van der Waals surface area contributed by atoms with Gasteiger partial charge in [-0.2, -0.15) is 0 Å². The zero-order valence-electron chi connectivity index (χ0n) is 14.5. The Labute approximate surface area is 149 Å². The van der Waals surface area contributed by atoms with Crippen LogP contribution in [0.2, 0.25) is 0 Å². The summed E-state index contributed by atoms with van der Waals surface area (Å²) in [7, 11) is 0. The standard InChI is InChI=1S/C18H21N5O3/c1-11-9-16(26-22-11)15-3-2-7-23(15)8-6-17(24)19-12-4-5-13-14(10-12)21-18(25)20-13/h4-5,9-10,15H,2-3,6-8H2,1H3,(H,19,24)(H2,20,21,25)/t15-/m0/s1. The van der Waals surface area contributed by atoms with Crippen LogP contribution >= 0.6 is 0 Å². The number of hydrogen-bond acceptors (Lipinski definition) is 5. The molecule has 1 amide bonds. The Hall–Kier alpha value is -2.87. The van der Waals surface area contributed by atoms with Crippen LogP contribution in [0.25, 0.3) is 11.0 Å². The van der Waals surface area contributed by atoms with Gasteiger partial charge < -0.3 is 19.8 Å². The molecule has 8 heteroatoms. The van der Waals surface area contributed by atoms with Crippen LogP contribution in [0.3, 0.4) is 0 Å². The maximum Gasteiger partial charge on any atom is 0.323 e. The Bertz CT molecular complexity index is 986. The average molecular weight is 355 g/mol. The van der Waals surface area contributed by atoms with Crippen LogP contribution in [0, 0.1) is 6.92 Å². The van der Waals surface area contributed by atoms with E-state index in [2.05, 4.69) is 25.3 Å². The Morgan fingerprint density at radius 2 is 2.19 bits per heavy atom. The van der Waals surface area contributed by atoms with Crippen LogP contribution in [0.4, 0.5) is 5.69 Å². The van der Waals surface area contributed by atoms with E-state index in [1.54, 1.807) is 18.2 Å². The first-order valence-electron chi connectivity index (χ1n) is 8.78. The van der Waals surface area contributed by atoms with Crippen molar-refractivity contribution in [1.82, 2.24) is 20.0 Å². The van der Waals surface area contributed by atoms with Crippen molar-refractivity contribution < 1.29 is 9.32 Å². The molecule has 1 fully saturated rings. The summed E-state index contributed by atoms with van der Waals surface area (Å²) in [5, 5.41) is 6.85. The van der Waals surface area contributed by atoms with Crippen molar-refractivity contribution in [2.75, 3.05) is 18.4 Å². The van der Waals surface area contributed by atoms with Crippen LogP contribution in [-0.2, 0) is 4.79 Å². The molecule has 1 saturated heterocycles. The van der Waals surface area contributed by atoms with Crippen LogP contribution in [-0.4, -0.2) is 39.0 Å². The summed E-state index contributed by atoms with van der Waals surface area (Å²) >= 11 is 0. The van der Waals surface area contributed by atoms with Gasteiger partial charge >= 0.3 is 5.69 Å². The van der Waals surface area contributed by atoms with Gasteiger partial charge in [-0.1, -0.05) is 5.16 Å². The number of fused-ring (bicyclic) bond motifs is 1. The highest BCUT2D eigenvalue weighted by Crippen LogP contribution is 2.32. The normalized spacial score (nSPS) is 17.8. The number of benzene rings is 1. The maximum atomic E-state index is 12.3. The minimum atomic E-state index is -0.258. The molecule has 1 aromatic carbocycles. The number of aryl methyl sites for hydroxylation is 1. The third kappa shape index (κ3) is 3.41. The van der Waals surface area contributed by atoms with Gasteiger partial charge in [0, 0.05) is 24.7 Å². The quantitative estimate of drug-likeness (QED) is 0.651. The van der Waals surface area contributed by atoms with Crippen molar-refractivity contribution >= 4 is 22.6 Å². The highest BCUT2D eigenvalue weighted by atomic mass is 16.5. The fourth-order valence-electron chi connectivity index (χ4n) is 3.54. The molecule has 0 radical (unpaired) electrons. The molecule has 1 aliphatic rings. The lowest BCUT2D eigenvalue weighted by molar-refractivity contribution is -0.116. The molecule has 136 valence electrons. The minimum Gasteiger partial charge on any atom is -0.359 e. The van der Waals surface area contributed by atoms with Gasteiger partial charge in [0.2, 0.25) is 5.91 Å². The first-order chi connectivity index (χ1) is 12.6. The molecule has 8 nitrogen and oxygen atoms in total. The van der Waals surface area contributed by atoms with Crippen molar-refractivity contribution in [2.45, 2.75) is 32.2 Å². The molecule has 1 aliphatic heterocycles. The van der Waals surface area contributed by atoms with E-state index in [4.69, 9.17) is 4.52 Å². The number of carbonyl (C=O) groups excluding carboxylic acids is 1. The highest BCUT2D eigenvalue weighted by Gasteiger charge is 2.29. The van der Waals surface area contributed by atoms with Gasteiger partial charge in [-0.05, 0) is 44.5 Å². The minimum absolute atomic E-state index is 0.0540. The third-order valence-electron chi connectivity index (χ3n) is 4.76. The van der Waals surface area contributed by atoms with Crippen LogP contribution < -0.4 is 11.0 Å². The molecule has 26 heavy (non-hydrogen) atoms. The number of aromatic nitrogens is 3. The molecule has 0 spiro atoms. The number of nitrogens with zero attached hydrogens (tertiary/aromatic N) is 2. The zero-order valence-corrected chi connectivity index (χ0v) is 14.5. The number of carbonyl (C=O) groups is 1. The molecular weight excluding hydrogens is 334 g/mol. The predicted molar refractivity (Wildman–Crippen MR) is 97.0 cm³/mol. The Kier molecular flexibility index (Phi) is 4.34. The Morgan fingerprint density at radius 1 is 1.35 bits per heavy atom. The van der Waals surface area contributed by atoms with E-state index in [-0.39, 0.29) is 17.6 Å². The molecule has 2 aromatic heterocycles. The molecule has 4 rings (SSSR count). The molecule has 0 saturated carbocycles. The van der Waals surface area contributed by atoms with E-state index in [0.29, 0.717) is 24.2 Å². The largest absolute Gasteiger partial charge is 0.359 e. The molecule has 1 atom stereocenters. The fourth-order valence-corrected chi connectivity index (χ4v) is 3.54. The number of anilines is 1. The third-order valence-corrected chi connectivity index (χ3v) is 4.76. The maximum absolute atomic E-state index is 12.3. The molecule has 3 aromatic rings. The van der Waals surface area contributed by atoms with Gasteiger partial charge in [-0.3, -0.25) is 9.69 Å². The summed E-state index contributed by atoms with van der Waals surface area (Å²) < 4.78 is 5.40. The van der Waals surface area contributed by atoms with E-state index < -0.39 is 0 Å². The highest BCUT2D eigenvalue weighted by molar-refractivity contribution is 5.93. The van der Waals surface area contributed by atoms with E-state index >= 15 is 0 Å². The summed E-state index contributed by atoms with van der Waals surface area (Å²) in [6.07, 6.45) is 2.50. The topological polar surface area (TPSA) is 107 Å². The second kappa shape index (κ2) is 6.80. The van der Waals surface area contributed by atoms with Gasteiger partial charge in [-0.25, -0.2) is 4.79 Å². The number of H-pyrrole nitrogens is 2. The summed E-state index contributed by atoms with van der Waals surface area (Å²) in [4.78, 5) is 31.2. The van der Waals surface area contributed by atoms with Crippen molar-refractivity contribution in [3.05, 3.63) is 46.2 Å². The number of likely N-dealkylation sites (tertiary alicyclic amines) is 1. The second-order valence-electron chi connectivity index (χ2n) is 6.70. The summed E-state index contributed by atoms with van der Waals surface area (Å²) in [6.45, 7) is 3.53. The van der Waals surface area contributed by atoms with E-state index in [0.717, 1.165) is 36.4 Å². The first kappa shape index (κ1) is 16.6. The lowest BCUT2D eigenvalue weighted by Gasteiger charge is -2.21. The van der Waals surface area contributed by atoms with Crippen LogP contribution in [0.1, 0.15) is 36.8 Å². The SMILES string of the molecule is Cc1cc([C@@H]2CCCN2CCC(=O)Nc2ccc3[nH]c(=O)[nH]c3c2)on1. The molecule has 3 heterocycles. The number of nitrogens with one attached hydrogen (secondary N) is 3. The van der Waals surface area contributed by atoms with Crippen molar-refractivity contribution in [1.29, 1.82) is 0 Å². The van der Waals surface area contributed by atoms with Crippen LogP contribution in [0.15, 0.2) is 33.6 Å². The molecule has 0 unspecified atom stereocenters. The van der Waals surface area contributed by atoms with Crippen molar-refractivity contribution in [3.63, 3.8) is 0 Å². The van der Waals surface area contributed by atoms with Crippen molar-refractivity contribution in [2.24, 2.45) is 0 Å². The number of imidazole rings is 1. The van der Waals surface area contributed by atoms with Gasteiger partial charge in [0.15, 0.2) is 5.76 Å². The first-order valence-corrected chi connectivity index (χ1v) is 8.78. The molecule has 0 bridgehead atoms. The fraction of sp³-hybridized carbons (Fsp3) is 0.389. The molecular formula is C18H21N5O3. The second-order valence-corrected chi connectivity index (χ2v) is 6.70. The zero-order chi connectivity index (χ0) is 18.1. The summed E-state index contributed by atoms with van der Waals surface area (Å²) in [5.41, 5.74) is 2.68. The molecule has 0 aliphatic carbocycles. The number of hydrogen-bond donors (Lipinski definition) is 3. The monoisotopic (exact) mass is 355 g/mol.